The predicted molar refractivity (Wildman–Crippen MR) is 83.6 cm³/mol. The van der Waals surface area contributed by atoms with Crippen molar-refractivity contribution in [3.63, 3.8) is 0 Å². The van der Waals surface area contributed by atoms with Gasteiger partial charge in [-0.3, -0.25) is 0 Å². The topological polar surface area (TPSA) is 66.0 Å². The van der Waals surface area contributed by atoms with Crippen molar-refractivity contribution in [2.24, 2.45) is 5.73 Å². The molecular weight excluding hydrogens is 288 g/mol. The number of rotatable bonds is 4. The molecule has 0 amide bonds. The van der Waals surface area contributed by atoms with E-state index in [2.05, 4.69) is 9.97 Å². The Balaban J connectivity index is 2.19. The Hall–Kier alpha value is -2.11. The van der Waals surface area contributed by atoms with Gasteiger partial charge in [0.05, 0.1) is 12.1 Å². The van der Waals surface area contributed by atoms with E-state index in [4.69, 9.17) is 22.1 Å². The number of imidazole rings is 1. The molecule has 0 aliphatic carbocycles. The van der Waals surface area contributed by atoms with Crippen LogP contribution >= 0.6 is 11.6 Å². The van der Waals surface area contributed by atoms with E-state index in [1.54, 1.807) is 13.3 Å². The third-order valence-corrected chi connectivity index (χ3v) is 3.56. The van der Waals surface area contributed by atoms with Crippen LogP contribution in [0.2, 0.25) is 5.02 Å². The van der Waals surface area contributed by atoms with Crippen molar-refractivity contribution in [1.29, 1.82) is 0 Å². The van der Waals surface area contributed by atoms with Crippen LogP contribution < -0.4 is 10.5 Å². The molecule has 0 fully saturated rings. The van der Waals surface area contributed by atoms with Gasteiger partial charge in [0.15, 0.2) is 5.65 Å². The molecule has 0 atom stereocenters. The monoisotopic (exact) mass is 302 g/mol. The zero-order valence-electron chi connectivity index (χ0n) is 11.6. The largest absolute Gasteiger partial charge is 0.495 e. The first-order valence-corrected chi connectivity index (χ1v) is 6.97. The molecule has 6 heteroatoms. The highest BCUT2D eigenvalue weighted by Crippen LogP contribution is 2.31. The number of hydrogen-bond donors (Lipinski definition) is 1. The lowest BCUT2D eigenvalue weighted by molar-refractivity contribution is 0.415. The molecule has 5 nitrogen and oxygen atoms in total. The van der Waals surface area contributed by atoms with Crippen LogP contribution in [0.1, 0.15) is 0 Å². The molecule has 2 aromatic heterocycles. The predicted octanol–water partition coefficient (Wildman–Crippen LogP) is 2.72. The SMILES string of the molecule is COc1ccc(-c2nc3cccnc3n2CCN)cc1Cl. The molecule has 0 aliphatic heterocycles. The van der Waals surface area contributed by atoms with Gasteiger partial charge in [-0.15, -0.1) is 0 Å². The zero-order valence-corrected chi connectivity index (χ0v) is 12.3. The van der Waals surface area contributed by atoms with Crippen LogP contribution in [-0.4, -0.2) is 28.2 Å². The fourth-order valence-electron chi connectivity index (χ4n) is 2.33. The Morgan fingerprint density at radius 1 is 1.33 bits per heavy atom. The molecule has 0 bridgehead atoms. The first-order valence-electron chi connectivity index (χ1n) is 6.60. The quantitative estimate of drug-likeness (QED) is 0.805. The summed E-state index contributed by atoms with van der Waals surface area (Å²) in [6, 6.07) is 9.40. The number of benzene rings is 1. The molecule has 0 saturated heterocycles. The summed E-state index contributed by atoms with van der Waals surface area (Å²) in [7, 11) is 1.59. The minimum Gasteiger partial charge on any atom is -0.495 e. The first-order chi connectivity index (χ1) is 10.2. The number of nitrogens with zero attached hydrogens (tertiary/aromatic N) is 3. The van der Waals surface area contributed by atoms with Crippen LogP contribution in [0.4, 0.5) is 0 Å². The molecule has 0 aliphatic rings. The average Bonchev–Trinajstić information content (AvgIpc) is 2.87. The molecule has 3 rings (SSSR count). The van der Waals surface area contributed by atoms with E-state index < -0.39 is 0 Å². The van der Waals surface area contributed by atoms with Gasteiger partial charge < -0.3 is 15.0 Å². The maximum atomic E-state index is 6.21. The normalized spacial score (nSPS) is 11.0. The highest BCUT2D eigenvalue weighted by molar-refractivity contribution is 6.32. The number of fused-ring (bicyclic) bond motifs is 1. The van der Waals surface area contributed by atoms with Crippen molar-refractivity contribution in [3.05, 3.63) is 41.6 Å². The number of halogens is 1. The summed E-state index contributed by atoms with van der Waals surface area (Å²) in [5.41, 5.74) is 8.28. The van der Waals surface area contributed by atoms with Gasteiger partial charge in [0, 0.05) is 24.8 Å². The molecule has 108 valence electrons. The van der Waals surface area contributed by atoms with E-state index in [-0.39, 0.29) is 0 Å². The van der Waals surface area contributed by atoms with Crippen molar-refractivity contribution in [3.8, 4) is 17.1 Å². The lowest BCUT2D eigenvalue weighted by Crippen LogP contribution is -2.11. The van der Waals surface area contributed by atoms with Gasteiger partial charge in [0.1, 0.15) is 17.1 Å². The lowest BCUT2D eigenvalue weighted by Gasteiger charge is -2.09. The summed E-state index contributed by atoms with van der Waals surface area (Å²) in [5.74, 6) is 1.44. The Bertz CT molecular complexity index is 784. The van der Waals surface area contributed by atoms with Gasteiger partial charge in [-0.05, 0) is 30.3 Å². The van der Waals surface area contributed by atoms with Crippen LogP contribution in [0, 0.1) is 0 Å². The summed E-state index contributed by atoms with van der Waals surface area (Å²) in [6.07, 6.45) is 1.75. The molecule has 1 aromatic carbocycles. The number of nitrogens with two attached hydrogens (primary N) is 1. The summed E-state index contributed by atoms with van der Waals surface area (Å²) in [6.45, 7) is 1.16. The second kappa shape index (κ2) is 5.71. The maximum absolute atomic E-state index is 6.21. The highest BCUT2D eigenvalue weighted by atomic mass is 35.5. The van der Waals surface area contributed by atoms with Gasteiger partial charge in [0.25, 0.3) is 0 Å². The Morgan fingerprint density at radius 3 is 2.90 bits per heavy atom. The molecule has 2 N–H and O–H groups in total. The van der Waals surface area contributed by atoms with Crippen LogP contribution in [0.25, 0.3) is 22.6 Å². The smallest absolute Gasteiger partial charge is 0.160 e. The number of pyridine rings is 1. The van der Waals surface area contributed by atoms with Gasteiger partial charge in [-0.1, -0.05) is 11.6 Å². The fourth-order valence-corrected chi connectivity index (χ4v) is 2.58. The lowest BCUT2D eigenvalue weighted by atomic mass is 10.2. The number of hydrogen-bond acceptors (Lipinski definition) is 4. The van der Waals surface area contributed by atoms with Crippen molar-refractivity contribution >= 4 is 22.8 Å². The van der Waals surface area contributed by atoms with Crippen LogP contribution in [-0.2, 0) is 6.54 Å². The standard InChI is InChI=1S/C15H15ClN4O/c1-21-13-5-4-10(9-11(13)16)14-19-12-3-2-7-18-15(12)20(14)8-6-17/h2-5,7,9H,6,8,17H2,1H3. The maximum Gasteiger partial charge on any atom is 0.160 e. The Kier molecular flexibility index (Phi) is 3.77. The molecular formula is C15H15ClN4O. The molecule has 2 heterocycles. The Labute approximate surface area is 127 Å². The second-order valence-corrected chi connectivity index (χ2v) is 4.98. The van der Waals surface area contributed by atoms with E-state index >= 15 is 0 Å². The van der Waals surface area contributed by atoms with Gasteiger partial charge in [-0.25, -0.2) is 9.97 Å². The second-order valence-electron chi connectivity index (χ2n) is 4.57. The van der Waals surface area contributed by atoms with Gasteiger partial charge >= 0.3 is 0 Å². The minimum atomic E-state index is 0.513. The number of methoxy groups -OCH3 is 1. The van der Waals surface area contributed by atoms with Crippen LogP contribution in [0.3, 0.4) is 0 Å². The van der Waals surface area contributed by atoms with Crippen LogP contribution in [0.15, 0.2) is 36.5 Å². The molecule has 0 spiro atoms. The summed E-state index contributed by atoms with van der Waals surface area (Å²) >= 11 is 6.21. The number of ether oxygens (including phenoxy) is 1. The van der Waals surface area contributed by atoms with Crippen LogP contribution in [0.5, 0.6) is 5.75 Å². The number of aromatic nitrogens is 3. The average molecular weight is 303 g/mol. The van der Waals surface area contributed by atoms with Crippen molar-refractivity contribution in [2.75, 3.05) is 13.7 Å². The van der Waals surface area contributed by atoms with E-state index in [0.29, 0.717) is 23.9 Å². The van der Waals surface area contributed by atoms with Crippen molar-refractivity contribution in [1.82, 2.24) is 14.5 Å². The van der Waals surface area contributed by atoms with Gasteiger partial charge in [0.2, 0.25) is 0 Å². The first kappa shape index (κ1) is 13.9. The molecule has 0 radical (unpaired) electrons. The molecule has 21 heavy (non-hydrogen) atoms. The zero-order chi connectivity index (χ0) is 14.8. The Morgan fingerprint density at radius 2 is 2.19 bits per heavy atom. The fraction of sp³-hybridized carbons (Fsp3) is 0.200. The minimum absolute atomic E-state index is 0.513. The molecule has 0 saturated carbocycles. The van der Waals surface area contributed by atoms with Crippen molar-refractivity contribution in [2.45, 2.75) is 6.54 Å². The van der Waals surface area contributed by atoms with E-state index in [9.17, 15) is 0 Å². The molecule has 3 aromatic rings. The molecule has 0 unspecified atom stereocenters. The summed E-state index contributed by atoms with van der Waals surface area (Å²) in [4.78, 5) is 9.03. The van der Waals surface area contributed by atoms with E-state index in [1.165, 1.54) is 0 Å². The third-order valence-electron chi connectivity index (χ3n) is 3.27. The highest BCUT2D eigenvalue weighted by Gasteiger charge is 2.14. The van der Waals surface area contributed by atoms with Gasteiger partial charge in [-0.2, -0.15) is 0 Å². The van der Waals surface area contributed by atoms with E-state index in [0.717, 1.165) is 22.6 Å². The third kappa shape index (κ3) is 2.46. The van der Waals surface area contributed by atoms with E-state index in [1.807, 2.05) is 34.9 Å². The summed E-state index contributed by atoms with van der Waals surface area (Å²) in [5, 5.41) is 0.550. The summed E-state index contributed by atoms with van der Waals surface area (Å²) < 4.78 is 7.19. The van der Waals surface area contributed by atoms with Crippen molar-refractivity contribution < 1.29 is 4.74 Å².